The number of pyridine rings is 1. The van der Waals surface area contributed by atoms with E-state index in [1.807, 2.05) is 25.1 Å². The molecule has 2 fully saturated rings. The lowest BCUT2D eigenvalue weighted by molar-refractivity contribution is 0.218. The summed E-state index contributed by atoms with van der Waals surface area (Å²) in [6.45, 7) is 5.21. The van der Waals surface area contributed by atoms with Crippen LogP contribution in [0.5, 0.6) is 0 Å². The number of anilines is 4. The third-order valence-electron chi connectivity index (χ3n) is 6.45. The Bertz CT molecular complexity index is 1320. The van der Waals surface area contributed by atoms with Crippen molar-refractivity contribution in [2.75, 3.05) is 23.7 Å². The lowest BCUT2D eigenvalue weighted by atomic mass is 10.1. The van der Waals surface area contributed by atoms with Gasteiger partial charge in [0.1, 0.15) is 17.3 Å². The highest BCUT2D eigenvalue weighted by Gasteiger charge is 2.37. The van der Waals surface area contributed by atoms with E-state index in [9.17, 15) is 0 Å². The molecule has 4 aromatic rings. The van der Waals surface area contributed by atoms with Gasteiger partial charge >= 0.3 is 0 Å². The Hall–Kier alpha value is -3.95. The Morgan fingerprint density at radius 3 is 2.51 bits per heavy atom. The number of aromatic nitrogens is 5. The first-order valence-electron chi connectivity index (χ1n) is 11.9. The number of benzene rings is 1. The van der Waals surface area contributed by atoms with Crippen LogP contribution in [-0.2, 0) is 6.54 Å². The van der Waals surface area contributed by atoms with E-state index in [2.05, 4.69) is 70.0 Å². The third kappa shape index (κ3) is 4.96. The number of hydrogen-bond donors (Lipinski definition) is 3. The van der Waals surface area contributed by atoms with Crippen LogP contribution >= 0.6 is 0 Å². The van der Waals surface area contributed by atoms with E-state index in [0.29, 0.717) is 35.5 Å². The summed E-state index contributed by atoms with van der Waals surface area (Å²) >= 11 is 0. The first-order chi connectivity index (χ1) is 17.2. The van der Waals surface area contributed by atoms with Crippen LogP contribution in [0.2, 0.25) is 0 Å². The second kappa shape index (κ2) is 9.36. The van der Waals surface area contributed by atoms with Crippen LogP contribution < -0.4 is 16.0 Å². The van der Waals surface area contributed by atoms with E-state index < -0.39 is 0 Å². The van der Waals surface area contributed by atoms with Gasteiger partial charge in [-0.2, -0.15) is 4.98 Å². The van der Waals surface area contributed by atoms with Crippen LogP contribution in [0.3, 0.4) is 0 Å². The molecule has 0 saturated carbocycles. The number of likely N-dealkylation sites (tertiary alicyclic amines) is 1. The molecule has 2 atom stereocenters. The predicted molar refractivity (Wildman–Crippen MR) is 136 cm³/mol. The molecular weight excluding hydrogens is 438 g/mol. The Morgan fingerprint density at radius 2 is 1.74 bits per heavy atom. The predicted octanol–water partition coefficient (Wildman–Crippen LogP) is 3.67. The van der Waals surface area contributed by atoms with Crippen molar-refractivity contribution in [1.29, 1.82) is 0 Å². The van der Waals surface area contributed by atoms with Crippen molar-refractivity contribution in [2.45, 2.75) is 32.0 Å². The van der Waals surface area contributed by atoms with E-state index in [1.54, 1.807) is 24.5 Å². The van der Waals surface area contributed by atoms with E-state index in [4.69, 9.17) is 0 Å². The van der Waals surface area contributed by atoms with Gasteiger partial charge in [-0.3, -0.25) is 4.90 Å². The molecule has 2 saturated heterocycles. The molecule has 9 nitrogen and oxygen atoms in total. The lowest BCUT2D eigenvalue weighted by Gasteiger charge is -2.27. The zero-order valence-electron chi connectivity index (χ0n) is 19.5. The van der Waals surface area contributed by atoms with Gasteiger partial charge in [0.15, 0.2) is 5.82 Å². The maximum Gasteiger partial charge on any atom is 0.229 e. The number of hydrogen-bond acceptors (Lipinski definition) is 9. The Labute approximate surface area is 204 Å². The molecule has 1 aromatic carbocycles. The molecule has 2 aliphatic heterocycles. The molecule has 0 unspecified atom stereocenters. The van der Waals surface area contributed by atoms with E-state index >= 15 is 0 Å². The molecule has 0 radical (unpaired) electrons. The topological polar surface area (TPSA) is 104 Å². The molecule has 2 bridgehead atoms. The molecule has 3 N–H and O–H groups in total. The van der Waals surface area contributed by atoms with Crippen LogP contribution in [0.15, 0.2) is 67.0 Å². The highest BCUT2D eigenvalue weighted by Crippen LogP contribution is 2.26. The fourth-order valence-corrected chi connectivity index (χ4v) is 4.74. The SMILES string of the molecule is Cc1cccc(-c2nccc(Nc3ccnc(Nc4ccc(CN5C[C@@H]6C[C@H]5CN6)cc4)n3)n2)n1. The molecule has 2 aliphatic rings. The van der Waals surface area contributed by atoms with E-state index in [1.165, 1.54) is 12.0 Å². The highest BCUT2D eigenvalue weighted by atomic mass is 15.3. The highest BCUT2D eigenvalue weighted by molar-refractivity contribution is 5.59. The number of rotatable bonds is 7. The van der Waals surface area contributed by atoms with Crippen LogP contribution in [0.25, 0.3) is 11.5 Å². The summed E-state index contributed by atoms with van der Waals surface area (Å²) in [4.78, 5) is 25.0. The van der Waals surface area contributed by atoms with Gasteiger partial charge in [0.05, 0.1) is 0 Å². The van der Waals surface area contributed by atoms with E-state index in [-0.39, 0.29) is 0 Å². The monoisotopic (exact) mass is 465 g/mol. The fourth-order valence-electron chi connectivity index (χ4n) is 4.74. The van der Waals surface area contributed by atoms with Crippen LogP contribution in [0, 0.1) is 6.92 Å². The van der Waals surface area contributed by atoms with Gasteiger partial charge in [0.2, 0.25) is 5.95 Å². The number of piperazine rings is 1. The number of aryl methyl sites for hydroxylation is 1. The fraction of sp³-hybridized carbons (Fsp3) is 0.269. The minimum atomic E-state index is 0.514. The van der Waals surface area contributed by atoms with Gasteiger partial charge in [-0.15, -0.1) is 0 Å². The van der Waals surface area contributed by atoms with Crippen LogP contribution in [-0.4, -0.2) is 55.0 Å². The number of nitrogens with zero attached hydrogens (tertiary/aromatic N) is 6. The summed E-state index contributed by atoms with van der Waals surface area (Å²) in [5.41, 5.74) is 3.92. The Balaban J connectivity index is 1.11. The summed E-state index contributed by atoms with van der Waals surface area (Å²) in [6, 6.07) is 19.3. The molecule has 35 heavy (non-hydrogen) atoms. The molecule has 0 spiro atoms. The van der Waals surface area contributed by atoms with Crippen molar-refractivity contribution in [2.24, 2.45) is 0 Å². The van der Waals surface area contributed by atoms with Crippen molar-refractivity contribution < 1.29 is 0 Å². The van der Waals surface area contributed by atoms with Crippen molar-refractivity contribution in [3.8, 4) is 11.5 Å². The van der Waals surface area contributed by atoms with Crippen LogP contribution in [0.1, 0.15) is 17.7 Å². The molecule has 3 aromatic heterocycles. The summed E-state index contributed by atoms with van der Waals surface area (Å²) in [7, 11) is 0. The van der Waals surface area contributed by atoms with Gasteiger partial charge in [-0.25, -0.2) is 19.9 Å². The Morgan fingerprint density at radius 1 is 0.914 bits per heavy atom. The zero-order valence-corrected chi connectivity index (χ0v) is 19.5. The minimum Gasteiger partial charge on any atom is -0.325 e. The molecule has 0 amide bonds. The first kappa shape index (κ1) is 21.6. The second-order valence-electron chi connectivity index (χ2n) is 9.07. The van der Waals surface area contributed by atoms with E-state index in [0.717, 1.165) is 36.7 Å². The van der Waals surface area contributed by atoms with Crippen LogP contribution in [0.4, 0.5) is 23.3 Å². The summed E-state index contributed by atoms with van der Waals surface area (Å²) in [5.74, 6) is 2.35. The average Bonchev–Trinajstić information content (AvgIpc) is 3.49. The largest absolute Gasteiger partial charge is 0.325 e. The maximum atomic E-state index is 4.59. The van der Waals surface area contributed by atoms with Gasteiger partial charge in [-0.1, -0.05) is 18.2 Å². The van der Waals surface area contributed by atoms with Gasteiger partial charge in [0, 0.05) is 55.5 Å². The molecular formula is C26H27N9. The van der Waals surface area contributed by atoms with Gasteiger partial charge < -0.3 is 16.0 Å². The molecule has 176 valence electrons. The van der Waals surface area contributed by atoms with Crippen molar-refractivity contribution in [3.63, 3.8) is 0 Å². The van der Waals surface area contributed by atoms with Crippen molar-refractivity contribution in [3.05, 3.63) is 78.2 Å². The number of nitrogens with one attached hydrogen (secondary N) is 3. The summed E-state index contributed by atoms with van der Waals surface area (Å²) in [5, 5.41) is 10.1. The van der Waals surface area contributed by atoms with Crippen molar-refractivity contribution >= 4 is 23.3 Å². The Kier molecular flexibility index (Phi) is 5.77. The minimum absolute atomic E-state index is 0.514. The number of fused-ring (bicyclic) bond motifs is 2. The lowest BCUT2D eigenvalue weighted by Crippen LogP contribution is -2.42. The standard InChI is InChI=1S/C26H27N9/c1-17-3-2-4-22(30-17)25-27-11-9-23(33-25)32-24-10-12-28-26(34-24)31-19-7-5-18(6-8-19)15-35-16-20-13-21(35)14-29-20/h2-12,20-21,29H,13-16H2,1H3,(H2,27,28,31,32,33,34)/t20-,21-/m0/s1. The molecule has 9 heteroatoms. The summed E-state index contributed by atoms with van der Waals surface area (Å²) in [6.07, 6.45) is 4.70. The molecule has 5 heterocycles. The second-order valence-corrected chi connectivity index (χ2v) is 9.07. The normalized spacial score (nSPS) is 19.1. The maximum absolute atomic E-state index is 4.59. The van der Waals surface area contributed by atoms with Crippen molar-refractivity contribution in [1.82, 2.24) is 35.1 Å². The van der Waals surface area contributed by atoms with Gasteiger partial charge in [0.25, 0.3) is 0 Å². The smallest absolute Gasteiger partial charge is 0.229 e. The first-order valence-corrected chi connectivity index (χ1v) is 11.9. The van der Waals surface area contributed by atoms with Gasteiger partial charge in [-0.05, 0) is 55.3 Å². The summed E-state index contributed by atoms with van der Waals surface area (Å²) < 4.78 is 0. The third-order valence-corrected chi connectivity index (χ3v) is 6.45. The average molecular weight is 466 g/mol. The zero-order chi connectivity index (χ0) is 23.6. The molecule has 0 aliphatic carbocycles. The quantitative estimate of drug-likeness (QED) is 0.377. The molecule has 6 rings (SSSR count).